The summed E-state index contributed by atoms with van der Waals surface area (Å²) in [5.74, 6) is -0.132. The third-order valence-corrected chi connectivity index (χ3v) is 16.3. The highest BCUT2D eigenvalue weighted by Crippen LogP contribution is 2.53. The Labute approximate surface area is 478 Å². The van der Waals surface area contributed by atoms with E-state index in [-0.39, 0.29) is 61.6 Å². The molecule has 4 aliphatic rings. The largest absolute Gasteiger partial charge is 0.490 e. The Bertz CT molecular complexity index is 3090. The minimum Gasteiger partial charge on any atom is -0.490 e. The Balaban J connectivity index is 0.954. The van der Waals surface area contributed by atoms with Crippen molar-refractivity contribution in [3.63, 3.8) is 0 Å². The predicted octanol–water partition coefficient (Wildman–Crippen LogP) is 9.91. The first kappa shape index (κ1) is 59.0. The van der Waals surface area contributed by atoms with E-state index in [9.17, 15) is 14.3 Å². The number of fused-ring (bicyclic) bond motifs is 7. The zero-order chi connectivity index (χ0) is 56.2. The molecule has 0 radical (unpaired) electrons. The molecule has 1 N–H and O–H groups in total. The number of carbonyl (C=O) groups is 1. The highest BCUT2D eigenvalue weighted by atomic mass is 35.5. The summed E-state index contributed by atoms with van der Waals surface area (Å²) >= 11 is 16.0. The molecule has 0 spiro atoms. The smallest absolute Gasteiger partial charge is 0.345 e. The Kier molecular flexibility index (Phi) is 20.6. The van der Waals surface area contributed by atoms with Gasteiger partial charge in [0, 0.05) is 74.9 Å². The number of hydrogen-bond acceptors (Lipinski definition) is 17. The van der Waals surface area contributed by atoms with Crippen molar-refractivity contribution in [2.24, 2.45) is 0 Å². The molecular weight excluding hydrogens is 1100 g/mol. The zero-order valence-electron chi connectivity index (χ0n) is 45.3. The molecule has 0 saturated carbocycles. The molecule has 10 rings (SSSR count). The first-order valence-electron chi connectivity index (χ1n) is 26.6. The molecule has 22 heteroatoms. The predicted molar refractivity (Wildman–Crippen MR) is 301 cm³/mol. The van der Waals surface area contributed by atoms with Crippen molar-refractivity contribution in [1.29, 1.82) is 0 Å². The van der Waals surface area contributed by atoms with Crippen LogP contribution in [0.4, 0.5) is 8.78 Å². The van der Waals surface area contributed by atoms with E-state index >= 15 is 4.39 Å². The molecule has 0 unspecified atom stereocenters. The third kappa shape index (κ3) is 14.9. The van der Waals surface area contributed by atoms with Gasteiger partial charge in [-0.15, -0.1) is 11.3 Å². The van der Waals surface area contributed by atoms with Gasteiger partial charge in [-0.1, -0.05) is 41.4 Å². The lowest BCUT2D eigenvalue weighted by Crippen LogP contribution is -2.49. The number of thiophene rings is 1. The number of halogens is 4. The molecule has 6 aromatic rings. The van der Waals surface area contributed by atoms with Crippen molar-refractivity contribution in [3.8, 4) is 44.7 Å². The van der Waals surface area contributed by atoms with Crippen molar-refractivity contribution in [3.05, 3.63) is 111 Å². The van der Waals surface area contributed by atoms with E-state index in [2.05, 4.69) is 31.8 Å². The van der Waals surface area contributed by atoms with Crippen molar-refractivity contribution < 1.29 is 61.3 Å². The topological polar surface area (TPSA) is 178 Å². The van der Waals surface area contributed by atoms with E-state index in [0.717, 1.165) is 31.8 Å². The van der Waals surface area contributed by atoms with Gasteiger partial charge in [-0.25, -0.2) is 33.5 Å². The van der Waals surface area contributed by atoms with Gasteiger partial charge in [-0.2, -0.15) is 0 Å². The summed E-state index contributed by atoms with van der Waals surface area (Å²) in [4.78, 5) is 37.7. The number of hydrogen-bond donors (Lipinski definition) is 1. The minimum absolute atomic E-state index is 0.00205. The molecule has 1 fully saturated rings. The molecule has 1 saturated heterocycles. The first-order valence-corrected chi connectivity index (χ1v) is 28.2. The van der Waals surface area contributed by atoms with Crippen molar-refractivity contribution in [1.82, 2.24) is 29.7 Å². The number of piperazine rings is 1. The van der Waals surface area contributed by atoms with Crippen LogP contribution in [-0.4, -0.2) is 172 Å². The monoisotopic (exact) mass is 1160 g/mol. The van der Waals surface area contributed by atoms with Crippen LogP contribution in [0.25, 0.3) is 37.4 Å². The van der Waals surface area contributed by atoms with Crippen LogP contribution in [0.2, 0.25) is 10.0 Å². The van der Waals surface area contributed by atoms with Crippen LogP contribution >= 0.6 is 34.5 Å². The van der Waals surface area contributed by atoms with Crippen LogP contribution in [-0.2, 0) is 41.5 Å². The summed E-state index contributed by atoms with van der Waals surface area (Å²) in [5, 5.41) is 11.9. The average Bonchev–Trinajstić information content (AvgIpc) is 3.98. The van der Waals surface area contributed by atoms with Crippen LogP contribution in [0.1, 0.15) is 47.5 Å². The molecule has 6 heterocycles. The highest BCUT2D eigenvalue weighted by Gasteiger charge is 2.34. The van der Waals surface area contributed by atoms with Crippen molar-refractivity contribution >= 4 is 56.3 Å². The second-order valence-electron chi connectivity index (χ2n) is 20.0. The van der Waals surface area contributed by atoms with Gasteiger partial charge >= 0.3 is 5.97 Å². The van der Waals surface area contributed by atoms with Gasteiger partial charge < -0.3 is 52.6 Å². The number of allylic oxidation sites excluding steroid dienone is 2. The maximum absolute atomic E-state index is 15.9. The molecule has 17 nitrogen and oxygen atoms in total. The van der Waals surface area contributed by atoms with E-state index in [1.165, 1.54) is 29.8 Å². The maximum Gasteiger partial charge on any atom is 0.345 e. The Hall–Kier alpha value is -5.65. The molecule has 3 atom stereocenters. The van der Waals surface area contributed by atoms with Gasteiger partial charge in [0.1, 0.15) is 53.5 Å². The number of ether oxygens (including phenoxy) is 9. The molecular formula is C58H66Cl2F2N6O11S. The number of methoxy groups -OCH3 is 1. The summed E-state index contributed by atoms with van der Waals surface area (Å²) in [5.41, 5.74) is 3.45. The second kappa shape index (κ2) is 27.9. The number of rotatable bonds is 22. The van der Waals surface area contributed by atoms with Crippen LogP contribution < -0.4 is 18.9 Å². The lowest BCUT2D eigenvalue weighted by atomic mass is 9.87. The van der Waals surface area contributed by atoms with E-state index < -0.39 is 29.7 Å². The maximum atomic E-state index is 15.9. The zero-order valence-corrected chi connectivity index (χ0v) is 47.6. The van der Waals surface area contributed by atoms with E-state index in [4.69, 9.17) is 70.8 Å². The molecule has 3 aromatic carbocycles. The fourth-order valence-corrected chi connectivity index (χ4v) is 11.4. The van der Waals surface area contributed by atoms with Gasteiger partial charge in [0.25, 0.3) is 0 Å². The second-order valence-corrected chi connectivity index (χ2v) is 21.7. The quantitative estimate of drug-likeness (QED) is 0.0634. The van der Waals surface area contributed by atoms with E-state index in [0.29, 0.717) is 136 Å². The van der Waals surface area contributed by atoms with Crippen molar-refractivity contribution in [2.75, 3.05) is 113 Å². The number of carboxylic acids is 1. The van der Waals surface area contributed by atoms with Gasteiger partial charge in [0.15, 0.2) is 11.6 Å². The summed E-state index contributed by atoms with van der Waals surface area (Å²) in [7, 11) is 3.72. The molecule has 3 aliphatic heterocycles. The van der Waals surface area contributed by atoms with Gasteiger partial charge in [-0.05, 0) is 98.0 Å². The lowest BCUT2D eigenvalue weighted by Gasteiger charge is -2.35. The Morgan fingerprint density at radius 3 is 2.25 bits per heavy atom. The lowest BCUT2D eigenvalue weighted by molar-refractivity contribution is -0.145. The number of aromatic nitrogens is 4. The van der Waals surface area contributed by atoms with Gasteiger partial charge in [0.05, 0.1) is 80.6 Å². The number of carboxylic acid groups (broad SMARTS) is 1. The van der Waals surface area contributed by atoms with Crippen LogP contribution in [0.15, 0.2) is 67.1 Å². The number of aliphatic carboxylic acids is 1. The van der Waals surface area contributed by atoms with E-state index in [1.54, 1.807) is 49.7 Å². The number of likely N-dealkylation sites (N-methyl/N-ethyl adjacent to an activating group) is 1. The van der Waals surface area contributed by atoms with Gasteiger partial charge in [-0.3, -0.25) is 4.90 Å². The Morgan fingerprint density at radius 2 is 1.57 bits per heavy atom. The van der Waals surface area contributed by atoms with Crippen LogP contribution in [0, 0.1) is 19.7 Å². The third-order valence-electron chi connectivity index (χ3n) is 14.2. The summed E-state index contributed by atoms with van der Waals surface area (Å²) in [6.45, 7) is 11.0. The summed E-state index contributed by atoms with van der Waals surface area (Å²) in [6, 6.07) is 13.0. The van der Waals surface area contributed by atoms with Gasteiger partial charge in [0.2, 0.25) is 12.0 Å². The first-order chi connectivity index (χ1) is 38.8. The molecule has 1 aliphatic carbocycles. The molecule has 3 aromatic heterocycles. The average molecular weight is 1160 g/mol. The fraction of sp³-hybridized carbons (Fsp3) is 0.466. The van der Waals surface area contributed by atoms with E-state index in [1.807, 2.05) is 19.9 Å². The normalized spacial score (nSPS) is 19.0. The minimum atomic E-state index is -1.54. The highest BCUT2D eigenvalue weighted by molar-refractivity contribution is 7.22. The standard InChI is InChI=1S/C58H66Cl2F2N6O11S/c1-36-47-37(2)51(60)52(50(36)59)78-44(31-68-19-17-67(3)18-20-68)33-76-43-9-10-45(40(29-43)30-46(57(69)70)79-55-49-48(47)53(80-56(49)65-35-64-55)38-5-7-41(61)8-6-38)77-32-42-13-16-63-54(66-42)39-11-14-58(62,15-12-39)34-75-28-27-74-26-25-73-24-23-72-22-21-71-4/h5-11,13,16,29,35,44,46H,12,14-15,17-28,30-34H2,1-4H3,(H,69,70)/t44-,46-,58-/m1/s1. The molecule has 0 amide bonds. The number of nitrogens with zero attached hydrogens (tertiary/aromatic N) is 6. The van der Waals surface area contributed by atoms with Crippen molar-refractivity contribution in [2.45, 2.75) is 64.0 Å². The number of benzene rings is 3. The Morgan fingerprint density at radius 1 is 0.875 bits per heavy atom. The molecule has 4 bridgehead atoms. The molecule has 80 heavy (non-hydrogen) atoms. The van der Waals surface area contributed by atoms with Crippen LogP contribution in [0.3, 0.4) is 0 Å². The number of alkyl halides is 1. The summed E-state index contributed by atoms with van der Waals surface area (Å²) < 4.78 is 83.8. The fourth-order valence-electron chi connectivity index (χ4n) is 9.76. The SMILES string of the molecule is COCCOCCOCCOCCOC[C@@]1(F)CC=C(c2nccc(COc3ccc4cc3C[C@H](C(=O)O)Oc3ncnc5sc(-c6ccc(F)cc6)c(c35)-c3c(C)c(Cl)c(c(Cl)c3C)O[C@H](CN3CCN(C)CC3)CO4)n2)CC1. The summed E-state index contributed by atoms with van der Waals surface area (Å²) in [6.07, 6.45) is 3.29. The molecule has 428 valence electrons. The van der Waals surface area contributed by atoms with Crippen LogP contribution in [0.5, 0.6) is 23.1 Å².